The molecule has 2 amide bonds. The molecule has 1 N–H and O–H groups in total. The molecule has 1 aliphatic carbocycles. The number of rotatable bonds is 8. The van der Waals surface area contributed by atoms with E-state index in [1.54, 1.807) is 35.4 Å². The zero-order valence-electron chi connectivity index (χ0n) is 22.8. The van der Waals surface area contributed by atoms with Crippen molar-refractivity contribution in [2.45, 2.75) is 25.8 Å². The summed E-state index contributed by atoms with van der Waals surface area (Å²) in [5.41, 5.74) is 3.61. The minimum atomic E-state index is -0.973. The molecule has 4 rings (SSSR count). The van der Waals surface area contributed by atoms with E-state index in [9.17, 15) is 14.7 Å². The Morgan fingerprint density at radius 1 is 0.974 bits per heavy atom. The maximum atomic E-state index is 12.6. The Balaban J connectivity index is 1.71. The van der Waals surface area contributed by atoms with Gasteiger partial charge in [-0.2, -0.15) is 0 Å². The Morgan fingerprint density at radius 3 is 2.26 bits per heavy atom. The molecule has 10 nitrogen and oxygen atoms in total. The van der Waals surface area contributed by atoms with E-state index in [-0.39, 0.29) is 5.91 Å². The zero-order valence-corrected chi connectivity index (χ0v) is 22.8. The smallest absolute Gasteiger partial charge is 0.407 e. The van der Waals surface area contributed by atoms with E-state index in [2.05, 4.69) is 4.90 Å². The number of carbonyl (C=O) groups is 2. The topological polar surface area (TPSA) is 101 Å². The highest BCUT2D eigenvalue weighted by Gasteiger charge is 2.34. The van der Waals surface area contributed by atoms with Crippen molar-refractivity contribution in [3.05, 3.63) is 35.4 Å². The van der Waals surface area contributed by atoms with Crippen LogP contribution in [0.3, 0.4) is 0 Å². The van der Waals surface area contributed by atoms with Crippen molar-refractivity contribution in [1.29, 1.82) is 0 Å². The molecule has 1 fully saturated rings. The van der Waals surface area contributed by atoms with Crippen molar-refractivity contribution in [3.63, 3.8) is 0 Å². The molecule has 2 aromatic rings. The first-order valence-corrected chi connectivity index (χ1v) is 12.8. The van der Waals surface area contributed by atoms with E-state index in [0.717, 1.165) is 35.3 Å². The summed E-state index contributed by atoms with van der Waals surface area (Å²) < 4.78 is 22.6. The van der Waals surface area contributed by atoms with Crippen LogP contribution in [0.5, 0.6) is 23.0 Å². The molecular weight excluding hydrogens is 490 g/mol. The van der Waals surface area contributed by atoms with Crippen LogP contribution in [0.25, 0.3) is 11.1 Å². The average Bonchev–Trinajstić information content (AvgIpc) is 3.08. The quantitative estimate of drug-likeness (QED) is 0.557. The lowest BCUT2D eigenvalue weighted by molar-refractivity contribution is -0.130. The number of amides is 2. The number of carboxylic acid groups (broad SMARTS) is 1. The molecule has 10 heteroatoms. The second-order valence-electron chi connectivity index (χ2n) is 9.51. The fraction of sp³-hybridized carbons (Fsp3) is 0.500. The number of aryl methyl sites for hydroxylation is 1. The fourth-order valence-electron chi connectivity index (χ4n) is 5.56. The van der Waals surface area contributed by atoms with Gasteiger partial charge in [0, 0.05) is 51.8 Å². The number of benzene rings is 2. The maximum Gasteiger partial charge on any atom is 0.407 e. The third-order valence-corrected chi connectivity index (χ3v) is 7.58. The van der Waals surface area contributed by atoms with Crippen molar-refractivity contribution in [3.8, 4) is 34.1 Å². The predicted molar refractivity (Wildman–Crippen MR) is 143 cm³/mol. The summed E-state index contributed by atoms with van der Waals surface area (Å²) in [7, 11) is 6.36. The van der Waals surface area contributed by atoms with Crippen LogP contribution in [-0.2, 0) is 11.2 Å². The summed E-state index contributed by atoms with van der Waals surface area (Å²) in [6, 6.07) is 7.31. The van der Waals surface area contributed by atoms with Gasteiger partial charge in [-0.25, -0.2) is 4.79 Å². The third-order valence-electron chi connectivity index (χ3n) is 7.58. The molecule has 38 heavy (non-hydrogen) atoms. The lowest BCUT2D eigenvalue weighted by Gasteiger charge is -2.36. The molecule has 0 radical (unpaired) electrons. The summed E-state index contributed by atoms with van der Waals surface area (Å²) >= 11 is 0. The van der Waals surface area contributed by atoms with Crippen LogP contribution in [0.2, 0.25) is 0 Å². The molecule has 206 valence electrons. The van der Waals surface area contributed by atoms with Crippen molar-refractivity contribution >= 4 is 12.0 Å². The van der Waals surface area contributed by atoms with Crippen molar-refractivity contribution in [2.75, 3.05) is 67.7 Å². The largest absolute Gasteiger partial charge is 0.497 e. The molecule has 0 saturated carbocycles. The van der Waals surface area contributed by atoms with Crippen LogP contribution < -0.4 is 18.9 Å². The maximum absolute atomic E-state index is 12.6. The lowest BCUT2D eigenvalue weighted by Crippen LogP contribution is -2.50. The van der Waals surface area contributed by atoms with E-state index < -0.39 is 12.1 Å². The third kappa shape index (κ3) is 5.31. The second-order valence-corrected chi connectivity index (χ2v) is 9.51. The van der Waals surface area contributed by atoms with Crippen LogP contribution in [-0.4, -0.2) is 99.5 Å². The summed E-state index contributed by atoms with van der Waals surface area (Å²) in [5, 5.41) is 10.4. The molecule has 0 bridgehead atoms. The Bertz CT molecular complexity index is 1180. The van der Waals surface area contributed by atoms with Crippen LogP contribution in [0.15, 0.2) is 24.3 Å². The van der Waals surface area contributed by atoms with Crippen molar-refractivity contribution < 1.29 is 33.6 Å². The molecule has 0 spiro atoms. The van der Waals surface area contributed by atoms with Gasteiger partial charge >= 0.3 is 6.09 Å². The SMILES string of the molecule is COc1ccc2c(c1)[C@@H](N(CCN1CCN(C(C)=O)CC1)C(=O)O)CCc1cc(OC)c(OC)c(OC)c1-2. The molecule has 1 aliphatic heterocycles. The number of carbonyl (C=O) groups excluding carboxylic acids is 1. The van der Waals surface area contributed by atoms with Gasteiger partial charge in [-0.15, -0.1) is 0 Å². The second kappa shape index (κ2) is 11.8. The number of piperazine rings is 1. The minimum Gasteiger partial charge on any atom is -0.497 e. The van der Waals surface area contributed by atoms with Gasteiger partial charge in [-0.05, 0) is 47.7 Å². The Kier molecular flexibility index (Phi) is 8.51. The zero-order chi connectivity index (χ0) is 27.4. The van der Waals surface area contributed by atoms with Gasteiger partial charge in [0.05, 0.1) is 34.5 Å². The van der Waals surface area contributed by atoms with E-state index in [0.29, 0.717) is 62.0 Å². The van der Waals surface area contributed by atoms with Crippen molar-refractivity contribution in [2.24, 2.45) is 0 Å². The van der Waals surface area contributed by atoms with E-state index in [1.165, 1.54) is 4.90 Å². The Hall–Kier alpha value is -3.66. The molecular formula is C28H37N3O7. The summed E-state index contributed by atoms with van der Waals surface area (Å²) in [6.45, 7) is 5.28. The van der Waals surface area contributed by atoms with Crippen LogP contribution in [0, 0.1) is 0 Å². The van der Waals surface area contributed by atoms with E-state index in [4.69, 9.17) is 18.9 Å². The number of nitrogens with zero attached hydrogens (tertiary/aromatic N) is 3. The summed E-state index contributed by atoms with van der Waals surface area (Å²) in [4.78, 5) is 29.9. The Morgan fingerprint density at radius 2 is 1.68 bits per heavy atom. The highest BCUT2D eigenvalue weighted by atomic mass is 16.5. The van der Waals surface area contributed by atoms with Gasteiger partial charge in [-0.1, -0.05) is 6.07 Å². The minimum absolute atomic E-state index is 0.0732. The summed E-state index contributed by atoms with van der Waals surface area (Å²) in [6.07, 6.45) is 0.226. The van der Waals surface area contributed by atoms with Gasteiger partial charge in [0.2, 0.25) is 11.7 Å². The van der Waals surface area contributed by atoms with Gasteiger partial charge < -0.3 is 33.9 Å². The Labute approximate surface area is 223 Å². The van der Waals surface area contributed by atoms with Gasteiger partial charge in [0.15, 0.2) is 11.5 Å². The first-order valence-electron chi connectivity index (χ1n) is 12.8. The molecule has 1 heterocycles. The average molecular weight is 528 g/mol. The van der Waals surface area contributed by atoms with Crippen LogP contribution in [0.4, 0.5) is 4.79 Å². The predicted octanol–water partition coefficient (Wildman–Crippen LogP) is 3.52. The fourth-order valence-corrected chi connectivity index (χ4v) is 5.56. The van der Waals surface area contributed by atoms with Gasteiger partial charge in [0.1, 0.15) is 5.75 Å². The number of ether oxygens (including phenoxy) is 4. The number of fused-ring (bicyclic) bond motifs is 3. The molecule has 0 aromatic heterocycles. The first-order chi connectivity index (χ1) is 18.3. The number of hydrogen-bond acceptors (Lipinski definition) is 7. The highest BCUT2D eigenvalue weighted by Crippen LogP contribution is 2.51. The van der Waals surface area contributed by atoms with E-state index in [1.807, 2.05) is 29.2 Å². The van der Waals surface area contributed by atoms with Crippen LogP contribution >= 0.6 is 0 Å². The molecule has 1 atom stereocenters. The monoisotopic (exact) mass is 527 g/mol. The summed E-state index contributed by atoms with van der Waals surface area (Å²) in [5.74, 6) is 2.34. The molecule has 0 unspecified atom stereocenters. The number of methoxy groups -OCH3 is 4. The molecule has 2 aromatic carbocycles. The van der Waals surface area contributed by atoms with Crippen LogP contribution in [0.1, 0.15) is 30.5 Å². The molecule has 1 saturated heterocycles. The molecule has 2 aliphatic rings. The highest BCUT2D eigenvalue weighted by molar-refractivity contribution is 5.83. The number of hydrogen-bond donors (Lipinski definition) is 1. The van der Waals surface area contributed by atoms with Gasteiger partial charge in [-0.3, -0.25) is 9.69 Å². The van der Waals surface area contributed by atoms with Crippen molar-refractivity contribution in [1.82, 2.24) is 14.7 Å². The lowest BCUT2D eigenvalue weighted by atomic mass is 9.93. The van der Waals surface area contributed by atoms with Gasteiger partial charge in [0.25, 0.3) is 0 Å². The standard InChI is InChI=1S/C28H37N3O7/c1-18(32)30-13-10-29(11-14-30)12-15-31(28(33)34)23-9-6-19-16-24(36-3)26(37-4)27(38-5)25(19)21-8-7-20(35-2)17-22(21)23/h7-8,16-17,23H,6,9-15H2,1-5H3,(H,33,34)/t23-/m0/s1. The first kappa shape index (κ1) is 27.4. The van der Waals surface area contributed by atoms with E-state index >= 15 is 0 Å². The normalized spacial score (nSPS) is 17.1.